The minimum atomic E-state index is -4.95. The second-order valence-electron chi connectivity index (χ2n) is 9.89. The van der Waals surface area contributed by atoms with Crippen LogP contribution in [-0.4, -0.2) is 82.7 Å². The molecule has 2 saturated heterocycles. The molecule has 5 heterocycles. The first-order valence-corrected chi connectivity index (χ1v) is 13.7. The summed E-state index contributed by atoms with van der Waals surface area (Å²) in [4.78, 5) is 20.3. The lowest BCUT2D eigenvalue weighted by atomic mass is 10.1. The third-order valence-electron chi connectivity index (χ3n) is 7.48. The van der Waals surface area contributed by atoms with Crippen molar-refractivity contribution in [3.05, 3.63) is 65.7 Å². The minimum Gasteiger partial charge on any atom is -0.406 e. The minimum absolute atomic E-state index is 0. The number of fused-ring (bicyclic) bond motifs is 2. The molecule has 0 saturated carbocycles. The number of hydrogen-bond acceptors (Lipinski definition) is 6. The molecular formula is C26H26Cl2F6N5O2S+. The fourth-order valence-corrected chi connectivity index (χ4v) is 6.58. The number of nitrogens with zero attached hydrogens (tertiary/aromatic N) is 5. The van der Waals surface area contributed by atoms with Crippen LogP contribution in [-0.2, 0) is 11.0 Å². The first-order valence-electron chi connectivity index (χ1n) is 12.6. The Morgan fingerprint density at radius 1 is 1.00 bits per heavy atom. The van der Waals surface area contributed by atoms with Gasteiger partial charge in [0.2, 0.25) is 0 Å². The van der Waals surface area contributed by atoms with Gasteiger partial charge in [0.1, 0.15) is 24.2 Å². The average Bonchev–Trinajstić information content (AvgIpc) is 3.63. The van der Waals surface area contributed by atoms with Crippen molar-refractivity contribution in [1.82, 2.24) is 14.9 Å². The Bertz CT molecular complexity index is 1450. The number of alkyl halides is 6. The highest BCUT2D eigenvalue weighted by atomic mass is 35.5. The van der Waals surface area contributed by atoms with Gasteiger partial charge in [-0.15, -0.1) is 54.8 Å². The van der Waals surface area contributed by atoms with E-state index in [9.17, 15) is 31.1 Å². The van der Waals surface area contributed by atoms with Gasteiger partial charge in [0.25, 0.3) is 5.91 Å². The van der Waals surface area contributed by atoms with Crippen LogP contribution < -0.4 is 9.64 Å². The van der Waals surface area contributed by atoms with Gasteiger partial charge in [-0.3, -0.25) is 4.79 Å². The zero-order valence-electron chi connectivity index (χ0n) is 21.8. The van der Waals surface area contributed by atoms with E-state index in [1.165, 1.54) is 0 Å². The molecule has 7 nitrogen and oxygen atoms in total. The highest BCUT2D eigenvalue weighted by molar-refractivity contribution is 7.99. The van der Waals surface area contributed by atoms with Gasteiger partial charge in [-0.2, -0.15) is 17.8 Å². The Labute approximate surface area is 253 Å². The van der Waals surface area contributed by atoms with Gasteiger partial charge >= 0.3 is 12.5 Å². The van der Waals surface area contributed by atoms with E-state index < -0.39 is 24.0 Å². The summed E-state index contributed by atoms with van der Waals surface area (Å²) < 4.78 is 83.9. The average molecular weight is 657 g/mol. The molecule has 42 heavy (non-hydrogen) atoms. The predicted molar refractivity (Wildman–Crippen MR) is 151 cm³/mol. The van der Waals surface area contributed by atoms with E-state index in [1.807, 2.05) is 29.3 Å². The molecule has 0 radical (unpaired) electrons. The number of amides is 1. The number of ether oxygens (including phenoxy) is 1. The molecule has 1 aromatic heterocycles. The quantitative estimate of drug-likeness (QED) is 0.309. The Morgan fingerprint density at radius 2 is 1.74 bits per heavy atom. The molecule has 2 fully saturated rings. The summed E-state index contributed by atoms with van der Waals surface area (Å²) in [6.07, 6.45) is -1.86. The van der Waals surface area contributed by atoms with E-state index in [0.29, 0.717) is 55.3 Å². The molecule has 6 rings (SSSR count). The molecule has 228 valence electrons. The van der Waals surface area contributed by atoms with Gasteiger partial charge in [0, 0.05) is 48.6 Å². The van der Waals surface area contributed by atoms with Crippen molar-refractivity contribution < 1.29 is 40.5 Å². The van der Waals surface area contributed by atoms with Crippen LogP contribution >= 0.6 is 36.6 Å². The van der Waals surface area contributed by atoms with Crippen molar-refractivity contribution in [2.24, 2.45) is 0 Å². The zero-order chi connectivity index (χ0) is 28.3. The number of allylic oxidation sites excluding steroid dienone is 3. The Hall–Kier alpha value is -2.65. The predicted octanol–water partition coefficient (Wildman–Crippen LogP) is 5.73. The van der Waals surface area contributed by atoms with Gasteiger partial charge in [-0.25, -0.2) is 4.98 Å². The van der Waals surface area contributed by atoms with Gasteiger partial charge in [-0.1, -0.05) is 0 Å². The second kappa shape index (κ2) is 11.8. The summed E-state index contributed by atoms with van der Waals surface area (Å²) >= 11 is 1.71. The maximum atomic E-state index is 13.7. The molecular weight excluding hydrogens is 631 g/mol. The lowest BCUT2D eigenvalue weighted by Gasteiger charge is -2.44. The number of carbonyl (C=O) groups is 1. The molecule has 0 N–H and O–H groups in total. The summed E-state index contributed by atoms with van der Waals surface area (Å²) in [5.41, 5.74) is 0.602. The first kappa shape index (κ1) is 32.3. The number of thioether (sulfide) groups is 1. The van der Waals surface area contributed by atoms with Gasteiger partial charge < -0.3 is 14.5 Å². The van der Waals surface area contributed by atoms with Crippen molar-refractivity contribution in [1.29, 1.82) is 0 Å². The van der Waals surface area contributed by atoms with Crippen LogP contribution in [0.2, 0.25) is 0 Å². The lowest BCUT2D eigenvalue weighted by molar-refractivity contribution is -0.948. The van der Waals surface area contributed by atoms with E-state index in [2.05, 4.69) is 14.7 Å². The van der Waals surface area contributed by atoms with Crippen LogP contribution in [0.3, 0.4) is 0 Å². The number of rotatable bonds is 4. The summed E-state index contributed by atoms with van der Waals surface area (Å²) in [5, 5.41) is 2.30. The number of halogens is 8. The third kappa shape index (κ3) is 6.05. The molecule has 2 aromatic rings. The summed E-state index contributed by atoms with van der Waals surface area (Å²) in [5.74, 6) is 1.06. The zero-order valence-corrected chi connectivity index (χ0v) is 24.3. The first-order chi connectivity index (χ1) is 18.9. The van der Waals surface area contributed by atoms with E-state index in [-0.39, 0.29) is 47.3 Å². The molecule has 4 aliphatic rings. The normalized spacial score (nSPS) is 22.4. The number of piperazine rings is 1. The van der Waals surface area contributed by atoms with Crippen molar-refractivity contribution in [2.45, 2.75) is 12.5 Å². The van der Waals surface area contributed by atoms with Crippen LogP contribution in [0, 0.1) is 0 Å². The largest absolute Gasteiger partial charge is 0.573 e. The molecule has 0 bridgehead atoms. The van der Waals surface area contributed by atoms with Crippen molar-refractivity contribution in [3.8, 4) is 5.75 Å². The van der Waals surface area contributed by atoms with Gasteiger partial charge in [0.15, 0.2) is 5.70 Å². The third-order valence-corrected chi connectivity index (χ3v) is 8.44. The molecule has 1 aromatic carbocycles. The van der Waals surface area contributed by atoms with E-state index in [1.54, 1.807) is 16.7 Å². The second-order valence-corrected chi connectivity index (χ2v) is 11.0. The standard InChI is InChI=1S/C26H24F6N5O2S.2ClH/c27-25(28,29)23-14-22(20-13-19(39-26(30,31)32)3-4-21(20)33-23)34-5-7-36(8-6-34)37-10-1-2-18(37)12-17(15-37)24(38)35-9-11-40-16-35;;/h1-4,10,12-14H,5-9,11,15-16H2;2*1H/q+1;;/t37-;;/m1../s1. The SMILES string of the molecule is Cl.Cl.O=C(C1=CC2=CC=C[N@@+]2(N2CCN(c3cc(C(F)(F)F)nc4ccc(OC(F)(F)F)cc34)CC2)C1)N1CCSC1. The van der Waals surface area contributed by atoms with Gasteiger partial charge in [-0.05, 0) is 30.3 Å². The number of benzene rings is 1. The maximum Gasteiger partial charge on any atom is 0.573 e. The molecule has 1 amide bonds. The van der Waals surface area contributed by atoms with Crippen LogP contribution in [0.5, 0.6) is 5.75 Å². The fourth-order valence-electron chi connectivity index (χ4n) is 5.64. The monoisotopic (exact) mass is 656 g/mol. The van der Waals surface area contributed by atoms with Crippen LogP contribution in [0.1, 0.15) is 5.69 Å². The van der Waals surface area contributed by atoms with E-state index >= 15 is 0 Å². The van der Waals surface area contributed by atoms with E-state index in [0.717, 1.165) is 35.7 Å². The van der Waals surface area contributed by atoms with E-state index in [4.69, 9.17) is 0 Å². The topological polar surface area (TPSA) is 48.9 Å². The van der Waals surface area contributed by atoms with Crippen molar-refractivity contribution in [2.75, 3.05) is 55.8 Å². The van der Waals surface area contributed by atoms with Crippen LogP contribution in [0.15, 0.2) is 60.0 Å². The Morgan fingerprint density at radius 3 is 2.38 bits per heavy atom. The molecule has 16 heteroatoms. The highest BCUT2D eigenvalue weighted by Crippen LogP contribution is 2.40. The molecule has 4 aliphatic heterocycles. The summed E-state index contributed by atoms with van der Waals surface area (Å²) in [6.45, 7) is 2.68. The highest BCUT2D eigenvalue weighted by Gasteiger charge is 2.48. The number of anilines is 1. The maximum absolute atomic E-state index is 13.7. The summed E-state index contributed by atoms with van der Waals surface area (Å²) in [6, 6.07) is 4.01. The molecule has 1 atom stereocenters. The Kier molecular flexibility index (Phi) is 9.06. The van der Waals surface area contributed by atoms with Crippen LogP contribution in [0.4, 0.5) is 32.0 Å². The Balaban J connectivity index is 0.00000202. The lowest BCUT2D eigenvalue weighted by Crippen LogP contribution is -2.60. The fraction of sp³-hybridized carbons (Fsp3) is 0.385. The molecule has 0 spiro atoms. The van der Waals surface area contributed by atoms with Crippen molar-refractivity contribution >= 4 is 59.1 Å². The molecule has 0 aliphatic carbocycles. The summed E-state index contributed by atoms with van der Waals surface area (Å²) in [7, 11) is 0. The molecule has 0 unspecified atom stereocenters. The number of carbonyl (C=O) groups excluding carboxylic acids is 1. The number of aromatic nitrogens is 1. The number of hydrogen-bond donors (Lipinski definition) is 0. The van der Waals surface area contributed by atoms with Crippen LogP contribution in [0.25, 0.3) is 10.9 Å². The smallest absolute Gasteiger partial charge is 0.406 e. The number of quaternary nitrogens is 1. The van der Waals surface area contributed by atoms with Gasteiger partial charge in [0.05, 0.1) is 30.1 Å². The van der Waals surface area contributed by atoms with Crippen molar-refractivity contribution in [3.63, 3.8) is 0 Å². The number of pyridine rings is 1.